The van der Waals surface area contributed by atoms with Crippen LogP contribution in [0.4, 0.5) is 5.69 Å². The van der Waals surface area contributed by atoms with Crippen molar-refractivity contribution in [2.45, 2.75) is 17.9 Å². The molecule has 82 valence electrons. The van der Waals surface area contributed by atoms with Gasteiger partial charge in [-0.2, -0.15) is 0 Å². The number of carbonyl (C=O) groups is 1. The molecule has 3 nitrogen and oxygen atoms in total. The van der Waals surface area contributed by atoms with Crippen LogP contribution in [0.5, 0.6) is 0 Å². The minimum Gasteiger partial charge on any atom is -0.467 e. The Labute approximate surface area is 94.2 Å². The number of benzene rings is 1. The lowest BCUT2D eigenvalue weighted by Gasteiger charge is -2.15. The van der Waals surface area contributed by atoms with E-state index in [1.54, 1.807) is 18.7 Å². The third-order valence-electron chi connectivity index (χ3n) is 2.03. The molecule has 0 aliphatic heterocycles. The maximum Gasteiger partial charge on any atom is 0.327 e. The molecule has 1 atom stereocenters. The van der Waals surface area contributed by atoms with Gasteiger partial charge in [0.05, 0.1) is 7.11 Å². The number of nitrogens with one attached hydrogen (secondary N) is 1. The Kier molecular flexibility index (Phi) is 4.49. The molecule has 0 heterocycles. The van der Waals surface area contributed by atoms with Crippen molar-refractivity contribution in [3.8, 4) is 0 Å². The van der Waals surface area contributed by atoms with Crippen molar-refractivity contribution in [1.82, 2.24) is 0 Å². The van der Waals surface area contributed by atoms with Gasteiger partial charge < -0.3 is 10.1 Å². The molecular weight excluding hydrogens is 210 g/mol. The van der Waals surface area contributed by atoms with Crippen LogP contribution in [0.15, 0.2) is 29.2 Å². The van der Waals surface area contributed by atoms with Gasteiger partial charge in [-0.25, -0.2) is 4.79 Å². The lowest BCUT2D eigenvalue weighted by molar-refractivity contribution is -0.141. The lowest BCUT2D eigenvalue weighted by atomic mass is 10.2. The highest BCUT2D eigenvalue weighted by Gasteiger charge is 2.13. The molecule has 0 aliphatic rings. The van der Waals surface area contributed by atoms with Crippen molar-refractivity contribution in [3.05, 3.63) is 24.3 Å². The highest BCUT2D eigenvalue weighted by atomic mass is 32.2. The zero-order valence-corrected chi connectivity index (χ0v) is 9.93. The zero-order chi connectivity index (χ0) is 11.3. The van der Waals surface area contributed by atoms with Gasteiger partial charge in [-0.15, -0.1) is 11.8 Å². The minimum atomic E-state index is -0.330. The third kappa shape index (κ3) is 3.16. The second-order valence-corrected chi connectivity index (χ2v) is 3.94. The second kappa shape index (κ2) is 5.66. The van der Waals surface area contributed by atoms with E-state index in [0.717, 1.165) is 10.6 Å². The van der Waals surface area contributed by atoms with Crippen molar-refractivity contribution in [2.75, 3.05) is 18.7 Å². The topological polar surface area (TPSA) is 38.3 Å². The van der Waals surface area contributed by atoms with E-state index in [2.05, 4.69) is 10.1 Å². The first-order valence-electron chi connectivity index (χ1n) is 4.66. The van der Waals surface area contributed by atoms with Crippen LogP contribution in [-0.4, -0.2) is 25.4 Å². The quantitative estimate of drug-likeness (QED) is 0.630. The Balaban J connectivity index is 2.75. The van der Waals surface area contributed by atoms with Gasteiger partial charge in [-0.1, -0.05) is 12.1 Å². The van der Waals surface area contributed by atoms with Crippen LogP contribution >= 0.6 is 11.8 Å². The molecule has 1 aromatic rings. The van der Waals surface area contributed by atoms with E-state index < -0.39 is 0 Å². The van der Waals surface area contributed by atoms with Gasteiger partial charge >= 0.3 is 5.97 Å². The molecular formula is C11H15NO2S. The van der Waals surface area contributed by atoms with Crippen LogP contribution in [0, 0.1) is 0 Å². The average molecular weight is 225 g/mol. The smallest absolute Gasteiger partial charge is 0.327 e. The highest BCUT2D eigenvalue weighted by molar-refractivity contribution is 7.98. The third-order valence-corrected chi connectivity index (χ3v) is 2.83. The van der Waals surface area contributed by atoms with Gasteiger partial charge in [0.2, 0.25) is 0 Å². The van der Waals surface area contributed by atoms with E-state index in [-0.39, 0.29) is 12.0 Å². The summed E-state index contributed by atoms with van der Waals surface area (Å²) in [4.78, 5) is 12.3. The summed E-state index contributed by atoms with van der Waals surface area (Å²) < 4.78 is 4.65. The normalized spacial score (nSPS) is 11.9. The SMILES string of the molecule is COC(=O)C(C)Nc1ccccc1SC. The number of para-hydroxylation sites is 1. The Morgan fingerprint density at radius 3 is 2.73 bits per heavy atom. The number of esters is 1. The Bertz CT molecular complexity index is 341. The summed E-state index contributed by atoms with van der Waals surface area (Å²) >= 11 is 1.64. The molecule has 0 amide bonds. The fourth-order valence-electron chi connectivity index (χ4n) is 1.23. The number of ether oxygens (including phenoxy) is 1. The predicted molar refractivity (Wildman–Crippen MR) is 63.3 cm³/mol. The van der Waals surface area contributed by atoms with Crippen LogP contribution in [-0.2, 0) is 9.53 Å². The number of anilines is 1. The van der Waals surface area contributed by atoms with Gasteiger partial charge in [-0.3, -0.25) is 0 Å². The second-order valence-electron chi connectivity index (χ2n) is 3.09. The van der Waals surface area contributed by atoms with E-state index >= 15 is 0 Å². The Morgan fingerprint density at radius 1 is 1.47 bits per heavy atom. The molecule has 15 heavy (non-hydrogen) atoms. The van der Waals surface area contributed by atoms with E-state index in [4.69, 9.17) is 0 Å². The summed E-state index contributed by atoms with van der Waals surface area (Å²) in [5.74, 6) is -0.258. The van der Waals surface area contributed by atoms with Crippen LogP contribution in [0.25, 0.3) is 0 Å². The lowest BCUT2D eigenvalue weighted by Crippen LogP contribution is -2.27. The van der Waals surface area contributed by atoms with Crippen molar-refractivity contribution < 1.29 is 9.53 Å². The van der Waals surface area contributed by atoms with Crippen LogP contribution in [0.2, 0.25) is 0 Å². The van der Waals surface area contributed by atoms with Crippen molar-refractivity contribution in [1.29, 1.82) is 0 Å². The fourth-order valence-corrected chi connectivity index (χ4v) is 1.79. The van der Waals surface area contributed by atoms with Crippen LogP contribution in [0.1, 0.15) is 6.92 Å². The maximum absolute atomic E-state index is 11.2. The predicted octanol–water partition coefficient (Wildman–Crippen LogP) is 2.38. The summed E-state index contributed by atoms with van der Waals surface area (Å²) in [6, 6.07) is 7.54. The van der Waals surface area contributed by atoms with E-state index in [9.17, 15) is 4.79 Å². The average Bonchev–Trinajstić information content (AvgIpc) is 2.28. The molecule has 0 saturated carbocycles. The summed E-state index contributed by atoms with van der Waals surface area (Å²) in [6.07, 6.45) is 2.00. The van der Waals surface area contributed by atoms with Crippen LogP contribution < -0.4 is 5.32 Å². The number of hydrogen-bond donors (Lipinski definition) is 1. The number of carbonyl (C=O) groups excluding carboxylic acids is 1. The molecule has 1 aromatic carbocycles. The summed E-state index contributed by atoms with van der Waals surface area (Å²) in [6.45, 7) is 1.78. The minimum absolute atomic E-state index is 0.258. The summed E-state index contributed by atoms with van der Waals surface area (Å²) in [7, 11) is 1.39. The van der Waals surface area contributed by atoms with Gasteiger partial charge in [0.1, 0.15) is 6.04 Å². The van der Waals surface area contributed by atoms with Crippen molar-refractivity contribution in [2.24, 2.45) is 0 Å². The standard InChI is InChI=1S/C11H15NO2S/c1-8(11(13)14-2)12-9-6-4-5-7-10(9)15-3/h4-8,12H,1-3H3. The van der Waals surface area contributed by atoms with Gasteiger partial charge in [-0.05, 0) is 25.3 Å². The van der Waals surface area contributed by atoms with Crippen molar-refractivity contribution in [3.63, 3.8) is 0 Å². The number of rotatable bonds is 4. The van der Waals surface area contributed by atoms with E-state index in [1.165, 1.54) is 7.11 Å². The maximum atomic E-state index is 11.2. The Morgan fingerprint density at radius 2 is 2.13 bits per heavy atom. The van der Waals surface area contributed by atoms with Gasteiger partial charge in [0.25, 0.3) is 0 Å². The first-order valence-corrected chi connectivity index (χ1v) is 5.89. The van der Waals surface area contributed by atoms with Gasteiger partial charge in [0.15, 0.2) is 0 Å². The molecule has 0 fully saturated rings. The largest absolute Gasteiger partial charge is 0.467 e. The number of thioether (sulfide) groups is 1. The molecule has 0 radical (unpaired) electrons. The molecule has 0 aliphatic carbocycles. The van der Waals surface area contributed by atoms with Crippen molar-refractivity contribution >= 4 is 23.4 Å². The zero-order valence-electron chi connectivity index (χ0n) is 9.11. The molecule has 4 heteroatoms. The number of methoxy groups -OCH3 is 1. The van der Waals surface area contributed by atoms with Crippen LogP contribution in [0.3, 0.4) is 0 Å². The first-order chi connectivity index (χ1) is 7.19. The molecule has 0 spiro atoms. The summed E-state index contributed by atoms with van der Waals surface area (Å²) in [5, 5.41) is 3.12. The fraction of sp³-hybridized carbons (Fsp3) is 0.364. The molecule has 1 rings (SSSR count). The Hall–Kier alpha value is -1.16. The highest BCUT2D eigenvalue weighted by Crippen LogP contribution is 2.25. The first kappa shape index (κ1) is 11.9. The van der Waals surface area contributed by atoms with E-state index in [1.807, 2.05) is 30.5 Å². The van der Waals surface area contributed by atoms with E-state index in [0.29, 0.717) is 0 Å². The molecule has 1 unspecified atom stereocenters. The molecule has 1 N–H and O–H groups in total. The molecule has 0 aromatic heterocycles. The number of hydrogen-bond acceptors (Lipinski definition) is 4. The van der Waals surface area contributed by atoms with Gasteiger partial charge in [0, 0.05) is 10.6 Å². The summed E-state index contributed by atoms with van der Waals surface area (Å²) in [5.41, 5.74) is 0.961. The monoisotopic (exact) mass is 225 g/mol. The molecule has 0 saturated heterocycles. The molecule has 0 bridgehead atoms.